The van der Waals surface area contributed by atoms with Crippen LogP contribution in [0.15, 0.2) is 103 Å². The summed E-state index contributed by atoms with van der Waals surface area (Å²) in [6, 6.07) is 28.9. The van der Waals surface area contributed by atoms with Crippen LogP contribution in [0.5, 0.6) is 5.75 Å². The number of para-hydroxylation sites is 1. The number of ether oxygens (including phenoxy) is 1. The molecule has 8 nitrogen and oxygen atoms in total. The maximum Gasteiger partial charge on any atom is 0.247 e. The molecule has 0 saturated carbocycles. The number of carbonyl (C=O) groups is 2. The lowest BCUT2D eigenvalue weighted by molar-refractivity contribution is -0.142. The minimum Gasteiger partial charge on any atom is -0.497 e. The third-order valence-electron chi connectivity index (χ3n) is 6.59. The van der Waals surface area contributed by atoms with Crippen LogP contribution in [0.3, 0.4) is 0 Å². The smallest absolute Gasteiger partial charge is 0.247 e. The highest BCUT2D eigenvalue weighted by Crippen LogP contribution is 2.26. The molecule has 40 heavy (non-hydrogen) atoms. The van der Waals surface area contributed by atoms with Gasteiger partial charge < -0.3 is 15.0 Å². The standard InChI is InChI=1S/C31H28FN5O3/c1-40-26-17-13-23(14-18-26)20-36(29(38)21-37-28-10-6-5-9-27(28)34-35-37)30(24-7-3-2-4-8-24)31(39)33-19-22-11-15-25(32)16-12-22/h2-18,30H,19-21H2,1H3,(H,33,39)/t30-/m1/s1. The third kappa shape index (κ3) is 6.15. The van der Waals surface area contributed by atoms with Crippen LogP contribution < -0.4 is 10.1 Å². The number of hydrogen-bond acceptors (Lipinski definition) is 5. The van der Waals surface area contributed by atoms with Crippen molar-refractivity contribution >= 4 is 22.8 Å². The minimum atomic E-state index is -0.939. The Morgan fingerprint density at radius 1 is 0.900 bits per heavy atom. The number of aromatic nitrogens is 3. The Bertz CT molecular complexity index is 1590. The van der Waals surface area contributed by atoms with Crippen molar-refractivity contribution in [1.82, 2.24) is 25.2 Å². The Balaban J connectivity index is 1.49. The lowest BCUT2D eigenvalue weighted by atomic mass is 10.0. The van der Waals surface area contributed by atoms with E-state index in [-0.39, 0.29) is 37.3 Å². The fourth-order valence-corrected chi connectivity index (χ4v) is 4.50. The van der Waals surface area contributed by atoms with Gasteiger partial charge in [-0.15, -0.1) is 5.10 Å². The molecule has 0 aliphatic heterocycles. The molecule has 0 aliphatic rings. The topological polar surface area (TPSA) is 89.3 Å². The lowest BCUT2D eigenvalue weighted by Crippen LogP contribution is -2.44. The van der Waals surface area contributed by atoms with E-state index in [4.69, 9.17) is 4.74 Å². The van der Waals surface area contributed by atoms with E-state index in [0.29, 0.717) is 16.8 Å². The Hall–Kier alpha value is -5.05. The molecule has 0 fully saturated rings. The molecule has 4 aromatic carbocycles. The second kappa shape index (κ2) is 12.2. The van der Waals surface area contributed by atoms with Gasteiger partial charge in [0.05, 0.1) is 12.6 Å². The molecule has 5 rings (SSSR count). The van der Waals surface area contributed by atoms with E-state index in [2.05, 4.69) is 15.6 Å². The monoisotopic (exact) mass is 537 g/mol. The number of methoxy groups -OCH3 is 1. The SMILES string of the molecule is COc1ccc(CN(C(=O)Cn2nnc3ccccc32)[C@@H](C(=O)NCc2ccc(F)cc2)c2ccccc2)cc1. The van der Waals surface area contributed by atoms with Crippen LogP contribution in [0.1, 0.15) is 22.7 Å². The van der Waals surface area contributed by atoms with Crippen molar-refractivity contribution in [2.24, 2.45) is 0 Å². The first kappa shape index (κ1) is 26.6. The maximum absolute atomic E-state index is 14.0. The molecule has 0 spiro atoms. The van der Waals surface area contributed by atoms with E-state index in [1.54, 1.807) is 24.1 Å². The van der Waals surface area contributed by atoms with E-state index in [1.807, 2.05) is 78.9 Å². The zero-order valence-corrected chi connectivity index (χ0v) is 21.9. The largest absolute Gasteiger partial charge is 0.497 e. The summed E-state index contributed by atoms with van der Waals surface area (Å²) >= 11 is 0. The lowest BCUT2D eigenvalue weighted by Gasteiger charge is -2.31. The quantitative estimate of drug-likeness (QED) is 0.280. The molecule has 0 unspecified atom stereocenters. The first-order valence-electron chi connectivity index (χ1n) is 12.8. The zero-order valence-electron chi connectivity index (χ0n) is 21.9. The third-order valence-corrected chi connectivity index (χ3v) is 6.59. The molecule has 1 atom stereocenters. The van der Waals surface area contributed by atoms with Gasteiger partial charge in [-0.05, 0) is 53.1 Å². The molecule has 0 bridgehead atoms. The number of nitrogens with one attached hydrogen (secondary N) is 1. The van der Waals surface area contributed by atoms with Crippen molar-refractivity contribution in [3.63, 3.8) is 0 Å². The molecule has 9 heteroatoms. The van der Waals surface area contributed by atoms with Gasteiger partial charge in [-0.1, -0.05) is 71.9 Å². The summed E-state index contributed by atoms with van der Waals surface area (Å²) in [4.78, 5) is 29.4. The van der Waals surface area contributed by atoms with Gasteiger partial charge >= 0.3 is 0 Å². The van der Waals surface area contributed by atoms with Crippen LogP contribution >= 0.6 is 0 Å². The molecular weight excluding hydrogens is 509 g/mol. The van der Waals surface area contributed by atoms with Crippen LogP contribution in [0, 0.1) is 5.82 Å². The average Bonchev–Trinajstić information content (AvgIpc) is 3.40. The van der Waals surface area contributed by atoms with E-state index in [9.17, 15) is 14.0 Å². The molecular formula is C31H28FN5O3. The Labute approximate surface area is 231 Å². The van der Waals surface area contributed by atoms with Crippen molar-refractivity contribution in [2.75, 3.05) is 7.11 Å². The molecule has 0 radical (unpaired) electrons. The molecule has 1 N–H and O–H groups in total. The number of hydrogen-bond donors (Lipinski definition) is 1. The van der Waals surface area contributed by atoms with Gasteiger partial charge in [0.1, 0.15) is 29.7 Å². The summed E-state index contributed by atoms with van der Waals surface area (Å²) in [5.74, 6) is -0.334. The molecule has 1 aromatic heterocycles. The number of halogens is 1. The first-order chi connectivity index (χ1) is 19.5. The van der Waals surface area contributed by atoms with E-state index >= 15 is 0 Å². The Morgan fingerprint density at radius 2 is 1.57 bits per heavy atom. The van der Waals surface area contributed by atoms with Gasteiger partial charge in [0.2, 0.25) is 11.8 Å². The van der Waals surface area contributed by atoms with Crippen molar-refractivity contribution in [3.05, 3.63) is 126 Å². The minimum absolute atomic E-state index is 0.106. The summed E-state index contributed by atoms with van der Waals surface area (Å²) < 4.78 is 20.2. The van der Waals surface area contributed by atoms with Crippen LogP contribution in [0.25, 0.3) is 11.0 Å². The normalized spacial score (nSPS) is 11.7. The van der Waals surface area contributed by atoms with E-state index in [0.717, 1.165) is 16.6 Å². The van der Waals surface area contributed by atoms with Crippen LogP contribution in [-0.2, 0) is 29.2 Å². The fourth-order valence-electron chi connectivity index (χ4n) is 4.50. The molecule has 5 aromatic rings. The number of nitrogens with zero attached hydrogens (tertiary/aromatic N) is 4. The molecule has 0 aliphatic carbocycles. The highest BCUT2D eigenvalue weighted by molar-refractivity contribution is 5.89. The van der Waals surface area contributed by atoms with Gasteiger partial charge in [-0.3, -0.25) is 9.59 Å². The highest BCUT2D eigenvalue weighted by Gasteiger charge is 2.32. The maximum atomic E-state index is 14.0. The predicted octanol–water partition coefficient (Wildman–Crippen LogP) is 4.67. The summed E-state index contributed by atoms with van der Waals surface area (Å²) in [5.41, 5.74) is 3.61. The number of carbonyl (C=O) groups excluding carboxylic acids is 2. The van der Waals surface area contributed by atoms with Crippen LogP contribution in [0.4, 0.5) is 4.39 Å². The molecule has 2 amide bonds. The zero-order chi connectivity index (χ0) is 27.9. The molecule has 0 saturated heterocycles. The van der Waals surface area contributed by atoms with Gasteiger partial charge in [0.25, 0.3) is 0 Å². The van der Waals surface area contributed by atoms with Crippen molar-refractivity contribution in [1.29, 1.82) is 0 Å². The number of fused-ring (bicyclic) bond motifs is 1. The average molecular weight is 538 g/mol. The number of benzene rings is 4. The Kier molecular flexibility index (Phi) is 8.10. The summed E-state index contributed by atoms with van der Waals surface area (Å²) in [5, 5.41) is 11.3. The van der Waals surface area contributed by atoms with Gasteiger partial charge in [0, 0.05) is 13.1 Å². The first-order valence-corrected chi connectivity index (χ1v) is 12.8. The summed E-state index contributed by atoms with van der Waals surface area (Å²) in [7, 11) is 1.59. The number of amides is 2. The Morgan fingerprint density at radius 3 is 2.30 bits per heavy atom. The van der Waals surface area contributed by atoms with Gasteiger partial charge in [-0.25, -0.2) is 9.07 Å². The van der Waals surface area contributed by atoms with Gasteiger partial charge in [0.15, 0.2) is 0 Å². The van der Waals surface area contributed by atoms with Crippen LogP contribution in [0.2, 0.25) is 0 Å². The van der Waals surface area contributed by atoms with E-state index < -0.39 is 6.04 Å². The van der Waals surface area contributed by atoms with Crippen molar-refractivity contribution in [3.8, 4) is 5.75 Å². The number of rotatable bonds is 10. The molecule has 1 heterocycles. The summed E-state index contributed by atoms with van der Waals surface area (Å²) in [6.07, 6.45) is 0. The van der Waals surface area contributed by atoms with Crippen LogP contribution in [-0.4, -0.2) is 38.8 Å². The summed E-state index contributed by atoms with van der Waals surface area (Å²) in [6.45, 7) is 0.241. The fraction of sp³-hybridized carbons (Fsp3) is 0.161. The van der Waals surface area contributed by atoms with Crippen molar-refractivity contribution in [2.45, 2.75) is 25.7 Å². The van der Waals surface area contributed by atoms with E-state index in [1.165, 1.54) is 16.8 Å². The molecule has 202 valence electrons. The van der Waals surface area contributed by atoms with Crippen molar-refractivity contribution < 1.29 is 18.7 Å². The second-order valence-corrected chi connectivity index (χ2v) is 9.26. The van der Waals surface area contributed by atoms with Gasteiger partial charge in [-0.2, -0.15) is 0 Å². The second-order valence-electron chi connectivity index (χ2n) is 9.26. The highest BCUT2D eigenvalue weighted by atomic mass is 19.1. The predicted molar refractivity (Wildman–Crippen MR) is 149 cm³/mol.